The molecule has 2 aromatic rings. The van der Waals surface area contributed by atoms with Gasteiger partial charge in [-0.25, -0.2) is 0 Å². The number of nitrogens with zero attached hydrogens (tertiary/aromatic N) is 3. The molecule has 0 unspecified atom stereocenters. The van der Waals surface area contributed by atoms with Crippen LogP contribution in [0.25, 0.3) is 11.3 Å². The Bertz CT molecular complexity index is 560. The molecule has 0 amide bonds. The van der Waals surface area contributed by atoms with Crippen molar-refractivity contribution in [2.45, 2.75) is 46.6 Å². The van der Waals surface area contributed by atoms with E-state index in [9.17, 15) is 0 Å². The molecule has 0 atom stereocenters. The zero-order valence-electron chi connectivity index (χ0n) is 11.3. The molecule has 0 radical (unpaired) electrons. The number of H-pyrrole nitrogens is 1. The lowest BCUT2D eigenvalue weighted by atomic mass is 10.0. The largest absolute Gasteiger partial charge is 0.277 e. The zero-order valence-corrected chi connectivity index (χ0v) is 11.3. The molecule has 0 saturated heterocycles. The second kappa shape index (κ2) is 3.97. The first kappa shape index (κ1) is 11.5. The second-order valence-corrected chi connectivity index (χ2v) is 5.58. The molecule has 0 aliphatic heterocycles. The fourth-order valence-corrected chi connectivity index (χ4v) is 2.59. The highest BCUT2D eigenvalue weighted by atomic mass is 15.3. The Hall–Kier alpha value is -1.58. The molecule has 0 spiro atoms. The maximum absolute atomic E-state index is 4.55. The van der Waals surface area contributed by atoms with E-state index >= 15 is 0 Å². The van der Waals surface area contributed by atoms with Gasteiger partial charge in [0.1, 0.15) is 0 Å². The van der Waals surface area contributed by atoms with Crippen molar-refractivity contribution in [3.05, 3.63) is 23.7 Å². The molecule has 18 heavy (non-hydrogen) atoms. The van der Waals surface area contributed by atoms with E-state index in [2.05, 4.69) is 40.7 Å². The standard InChI is InChI=1S/C14H20N4/c1-4-14(5-6-14)9-18-11(3)12(8-16-18)13-10(2)7-15-17-13/h7-8H,4-6,9H2,1-3H3,(H,15,17). The van der Waals surface area contributed by atoms with E-state index in [1.807, 2.05) is 12.4 Å². The van der Waals surface area contributed by atoms with Crippen molar-refractivity contribution in [1.29, 1.82) is 0 Å². The van der Waals surface area contributed by atoms with Gasteiger partial charge < -0.3 is 0 Å². The Kier molecular flexibility index (Phi) is 2.54. The van der Waals surface area contributed by atoms with Gasteiger partial charge in [0.05, 0.1) is 18.1 Å². The number of aromatic amines is 1. The van der Waals surface area contributed by atoms with Crippen LogP contribution in [0.3, 0.4) is 0 Å². The summed E-state index contributed by atoms with van der Waals surface area (Å²) in [6.45, 7) is 7.56. The summed E-state index contributed by atoms with van der Waals surface area (Å²) in [5.74, 6) is 0. The van der Waals surface area contributed by atoms with E-state index < -0.39 is 0 Å². The topological polar surface area (TPSA) is 46.5 Å². The highest BCUT2D eigenvalue weighted by Gasteiger charge is 2.41. The first-order valence-electron chi connectivity index (χ1n) is 6.68. The summed E-state index contributed by atoms with van der Waals surface area (Å²) in [5.41, 5.74) is 5.21. The minimum Gasteiger partial charge on any atom is -0.277 e. The average molecular weight is 244 g/mol. The average Bonchev–Trinajstić information content (AvgIpc) is 2.89. The maximum Gasteiger partial charge on any atom is 0.0713 e. The Labute approximate surface area is 107 Å². The van der Waals surface area contributed by atoms with Gasteiger partial charge in [0.15, 0.2) is 0 Å². The van der Waals surface area contributed by atoms with Gasteiger partial charge in [-0.15, -0.1) is 0 Å². The fraction of sp³-hybridized carbons (Fsp3) is 0.571. The van der Waals surface area contributed by atoms with Crippen molar-refractivity contribution in [3.8, 4) is 11.3 Å². The van der Waals surface area contributed by atoms with Crippen molar-refractivity contribution < 1.29 is 0 Å². The number of hydrogen-bond donors (Lipinski definition) is 1. The first-order valence-corrected chi connectivity index (χ1v) is 6.68. The molecule has 1 aliphatic carbocycles. The molecule has 4 heteroatoms. The van der Waals surface area contributed by atoms with Crippen LogP contribution in [0.1, 0.15) is 37.4 Å². The Morgan fingerprint density at radius 2 is 2.11 bits per heavy atom. The SMILES string of the molecule is CCC1(Cn2ncc(-c3[nH]ncc3C)c2C)CC1. The lowest BCUT2D eigenvalue weighted by Gasteiger charge is -2.13. The van der Waals surface area contributed by atoms with Gasteiger partial charge in [-0.1, -0.05) is 6.92 Å². The number of hydrogen-bond acceptors (Lipinski definition) is 2. The van der Waals surface area contributed by atoms with Gasteiger partial charge >= 0.3 is 0 Å². The van der Waals surface area contributed by atoms with Crippen LogP contribution in [-0.2, 0) is 6.54 Å². The Morgan fingerprint density at radius 3 is 2.67 bits per heavy atom. The van der Waals surface area contributed by atoms with Gasteiger partial charge in [0.2, 0.25) is 0 Å². The summed E-state index contributed by atoms with van der Waals surface area (Å²) in [6.07, 6.45) is 7.77. The number of aromatic nitrogens is 4. The third-order valence-electron chi connectivity index (χ3n) is 4.39. The zero-order chi connectivity index (χ0) is 12.8. The van der Waals surface area contributed by atoms with E-state index in [1.165, 1.54) is 36.1 Å². The normalized spacial score (nSPS) is 17.1. The van der Waals surface area contributed by atoms with Crippen LogP contribution in [0.4, 0.5) is 0 Å². The van der Waals surface area contributed by atoms with Crippen LogP contribution in [-0.4, -0.2) is 20.0 Å². The monoisotopic (exact) mass is 244 g/mol. The third-order valence-corrected chi connectivity index (χ3v) is 4.39. The molecule has 96 valence electrons. The van der Waals surface area contributed by atoms with Crippen molar-refractivity contribution in [3.63, 3.8) is 0 Å². The van der Waals surface area contributed by atoms with Crippen LogP contribution in [0, 0.1) is 19.3 Å². The first-order chi connectivity index (χ1) is 8.65. The smallest absolute Gasteiger partial charge is 0.0713 e. The summed E-state index contributed by atoms with van der Waals surface area (Å²) < 4.78 is 2.16. The Balaban J connectivity index is 1.91. The molecule has 1 aliphatic rings. The van der Waals surface area contributed by atoms with Gasteiger partial charge in [0.25, 0.3) is 0 Å². The van der Waals surface area contributed by atoms with Crippen molar-refractivity contribution in [2.24, 2.45) is 5.41 Å². The number of nitrogens with one attached hydrogen (secondary N) is 1. The van der Waals surface area contributed by atoms with E-state index in [0.29, 0.717) is 5.41 Å². The minimum absolute atomic E-state index is 0.525. The highest BCUT2D eigenvalue weighted by molar-refractivity contribution is 5.63. The van der Waals surface area contributed by atoms with Crippen LogP contribution < -0.4 is 0 Å². The van der Waals surface area contributed by atoms with Crippen molar-refractivity contribution >= 4 is 0 Å². The molecule has 0 bridgehead atoms. The van der Waals surface area contributed by atoms with E-state index in [0.717, 1.165) is 12.2 Å². The highest BCUT2D eigenvalue weighted by Crippen LogP contribution is 2.50. The molecule has 0 aromatic carbocycles. The van der Waals surface area contributed by atoms with E-state index in [1.54, 1.807) is 0 Å². The van der Waals surface area contributed by atoms with Gasteiger partial charge in [-0.3, -0.25) is 9.78 Å². The van der Waals surface area contributed by atoms with Gasteiger partial charge in [-0.05, 0) is 44.1 Å². The molecule has 1 N–H and O–H groups in total. The lowest BCUT2D eigenvalue weighted by Crippen LogP contribution is -2.13. The lowest BCUT2D eigenvalue weighted by molar-refractivity contribution is 0.380. The number of aryl methyl sites for hydroxylation is 1. The van der Waals surface area contributed by atoms with E-state index in [-0.39, 0.29) is 0 Å². The third kappa shape index (κ3) is 1.76. The molecule has 2 aromatic heterocycles. The van der Waals surface area contributed by atoms with Crippen LogP contribution in [0.5, 0.6) is 0 Å². The summed E-state index contributed by atoms with van der Waals surface area (Å²) >= 11 is 0. The van der Waals surface area contributed by atoms with Crippen LogP contribution >= 0.6 is 0 Å². The molecule has 1 fully saturated rings. The molecule has 3 rings (SSSR count). The Morgan fingerprint density at radius 1 is 1.33 bits per heavy atom. The quantitative estimate of drug-likeness (QED) is 0.898. The van der Waals surface area contributed by atoms with Gasteiger partial charge in [0, 0.05) is 17.8 Å². The van der Waals surface area contributed by atoms with Crippen LogP contribution in [0.15, 0.2) is 12.4 Å². The van der Waals surface area contributed by atoms with Crippen molar-refractivity contribution in [1.82, 2.24) is 20.0 Å². The molecule has 2 heterocycles. The van der Waals surface area contributed by atoms with Crippen LogP contribution in [0.2, 0.25) is 0 Å². The molecule has 1 saturated carbocycles. The van der Waals surface area contributed by atoms with Gasteiger partial charge in [-0.2, -0.15) is 10.2 Å². The number of rotatable bonds is 4. The summed E-state index contributed by atoms with van der Waals surface area (Å²) in [7, 11) is 0. The predicted octanol–water partition coefficient (Wildman–Crippen LogP) is 3.08. The summed E-state index contributed by atoms with van der Waals surface area (Å²) in [6, 6.07) is 0. The fourth-order valence-electron chi connectivity index (χ4n) is 2.59. The van der Waals surface area contributed by atoms with E-state index in [4.69, 9.17) is 0 Å². The summed E-state index contributed by atoms with van der Waals surface area (Å²) in [5, 5.41) is 11.7. The maximum atomic E-state index is 4.55. The molecule has 4 nitrogen and oxygen atoms in total. The molecular weight excluding hydrogens is 224 g/mol. The molecular formula is C14H20N4. The van der Waals surface area contributed by atoms with Crippen molar-refractivity contribution in [2.75, 3.05) is 0 Å². The second-order valence-electron chi connectivity index (χ2n) is 5.58. The minimum atomic E-state index is 0.525. The predicted molar refractivity (Wildman–Crippen MR) is 71.2 cm³/mol. The summed E-state index contributed by atoms with van der Waals surface area (Å²) in [4.78, 5) is 0.